The fraction of sp³-hybridized carbons (Fsp3) is 0.467. The molecule has 9 heteroatoms. The Morgan fingerprint density at radius 1 is 1.29 bits per heavy atom. The van der Waals surface area contributed by atoms with Crippen molar-refractivity contribution in [3.63, 3.8) is 0 Å². The van der Waals surface area contributed by atoms with Crippen LogP contribution in [0.3, 0.4) is 0 Å². The van der Waals surface area contributed by atoms with Gasteiger partial charge in [0, 0.05) is 6.54 Å². The summed E-state index contributed by atoms with van der Waals surface area (Å²) in [5.74, 6) is -0.737. The van der Waals surface area contributed by atoms with Gasteiger partial charge in [0.2, 0.25) is 5.91 Å². The molecular weight excluding hydrogens is 325 g/mol. The lowest BCUT2D eigenvalue weighted by Crippen LogP contribution is -2.39. The lowest BCUT2D eigenvalue weighted by atomic mass is 9.92. The standard InChI is InChI=1S/C15H21F3N4O2/c1-4-20-12(23)14(2,3)9-21-13(19)22-10-7-5-6-8-11(10)24-15(16,17)18/h5-8H,4,9H2,1-3H3,(H,20,23)(H3,19,21,22). The van der Waals surface area contributed by atoms with Crippen molar-refractivity contribution in [2.75, 3.05) is 18.4 Å². The van der Waals surface area contributed by atoms with Crippen molar-refractivity contribution in [1.29, 1.82) is 0 Å². The van der Waals surface area contributed by atoms with Gasteiger partial charge in [-0.05, 0) is 32.9 Å². The van der Waals surface area contributed by atoms with Crippen molar-refractivity contribution in [3.8, 4) is 5.75 Å². The number of carbonyl (C=O) groups excluding carboxylic acids is 1. The molecule has 4 N–H and O–H groups in total. The molecule has 0 aliphatic heterocycles. The van der Waals surface area contributed by atoms with Gasteiger partial charge in [0.15, 0.2) is 11.7 Å². The molecule has 0 fully saturated rings. The van der Waals surface area contributed by atoms with E-state index in [2.05, 4.69) is 20.4 Å². The highest BCUT2D eigenvalue weighted by Gasteiger charge is 2.32. The van der Waals surface area contributed by atoms with Crippen LogP contribution in [-0.4, -0.2) is 31.3 Å². The predicted molar refractivity (Wildman–Crippen MR) is 85.7 cm³/mol. The van der Waals surface area contributed by atoms with E-state index in [0.717, 1.165) is 6.07 Å². The van der Waals surface area contributed by atoms with Crippen LogP contribution in [0, 0.1) is 5.41 Å². The first kappa shape index (κ1) is 19.6. The van der Waals surface area contributed by atoms with E-state index in [1.54, 1.807) is 20.8 Å². The monoisotopic (exact) mass is 346 g/mol. The Bertz CT molecular complexity index is 601. The van der Waals surface area contributed by atoms with E-state index in [9.17, 15) is 18.0 Å². The highest BCUT2D eigenvalue weighted by Crippen LogP contribution is 2.29. The van der Waals surface area contributed by atoms with Crippen LogP contribution in [0.2, 0.25) is 0 Å². The van der Waals surface area contributed by atoms with Crippen LogP contribution >= 0.6 is 0 Å². The van der Waals surface area contributed by atoms with Crippen LogP contribution in [0.15, 0.2) is 29.3 Å². The molecule has 24 heavy (non-hydrogen) atoms. The topological polar surface area (TPSA) is 88.7 Å². The fourth-order valence-corrected chi connectivity index (χ4v) is 1.72. The van der Waals surface area contributed by atoms with Gasteiger partial charge in [0.25, 0.3) is 0 Å². The maximum absolute atomic E-state index is 12.4. The largest absolute Gasteiger partial charge is 0.573 e. The number of alkyl halides is 3. The third kappa shape index (κ3) is 6.35. The Morgan fingerprint density at radius 2 is 1.92 bits per heavy atom. The number of ether oxygens (including phenoxy) is 1. The molecule has 1 aromatic carbocycles. The molecule has 1 aromatic rings. The maximum Gasteiger partial charge on any atom is 0.573 e. The zero-order chi connectivity index (χ0) is 18.4. The van der Waals surface area contributed by atoms with Crippen molar-refractivity contribution in [2.45, 2.75) is 27.1 Å². The van der Waals surface area contributed by atoms with Crippen molar-refractivity contribution >= 4 is 17.6 Å². The summed E-state index contributed by atoms with van der Waals surface area (Å²) in [6.07, 6.45) is -4.82. The average molecular weight is 346 g/mol. The molecule has 6 nitrogen and oxygen atoms in total. The first-order chi connectivity index (χ1) is 11.0. The smallest absolute Gasteiger partial charge is 0.404 e. The summed E-state index contributed by atoms with van der Waals surface area (Å²) in [7, 11) is 0. The second-order valence-electron chi connectivity index (χ2n) is 5.61. The van der Waals surface area contributed by atoms with E-state index in [-0.39, 0.29) is 24.1 Å². The molecule has 0 saturated carbocycles. The van der Waals surface area contributed by atoms with E-state index >= 15 is 0 Å². The number of hydrogen-bond acceptors (Lipinski definition) is 3. The number of nitrogens with two attached hydrogens (primary N) is 1. The van der Waals surface area contributed by atoms with Gasteiger partial charge in [-0.15, -0.1) is 13.2 Å². The summed E-state index contributed by atoms with van der Waals surface area (Å²) in [6.45, 7) is 5.73. The van der Waals surface area contributed by atoms with Gasteiger partial charge in [-0.3, -0.25) is 9.79 Å². The van der Waals surface area contributed by atoms with Crippen molar-refractivity contribution in [3.05, 3.63) is 24.3 Å². The molecule has 0 aliphatic carbocycles. The molecular formula is C15H21F3N4O2. The van der Waals surface area contributed by atoms with Gasteiger partial charge < -0.3 is 21.1 Å². The van der Waals surface area contributed by atoms with Crippen molar-refractivity contribution in [1.82, 2.24) is 5.32 Å². The quantitative estimate of drug-likeness (QED) is 0.545. The van der Waals surface area contributed by atoms with Gasteiger partial charge in [-0.25, -0.2) is 0 Å². The molecule has 0 spiro atoms. The van der Waals surface area contributed by atoms with Gasteiger partial charge in [-0.2, -0.15) is 0 Å². The summed E-state index contributed by atoms with van der Waals surface area (Å²) in [4.78, 5) is 15.9. The van der Waals surface area contributed by atoms with Crippen LogP contribution in [0.1, 0.15) is 20.8 Å². The van der Waals surface area contributed by atoms with Gasteiger partial charge in [0.05, 0.1) is 17.6 Å². The number of hydrogen-bond donors (Lipinski definition) is 3. The fourth-order valence-electron chi connectivity index (χ4n) is 1.72. The Hall–Kier alpha value is -2.45. The molecule has 0 aliphatic rings. The number of benzene rings is 1. The maximum atomic E-state index is 12.4. The lowest BCUT2D eigenvalue weighted by molar-refractivity contribution is -0.274. The predicted octanol–water partition coefficient (Wildman–Crippen LogP) is 2.47. The van der Waals surface area contributed by atoms with E-state index in [4.69, 9.17) is 5.73 Å². The van der Waals surface area contributed by atoms with E-state index < -0.39 is 17.5 Å². The molecule has 0 unspecified atom stereocenters. The Morgan fingerprint density at radius 3 is 2.50 bits per heavy atom. The third-order valence-corrected chi connectivity index (χ3v) is 2.97. The molecule has 0 atom stereocenters. The molecule has 134 valence electrons. The van der Waals surface area contributed by atoms with E-state index in [0.29, 0.717) is 6.54 Å². The summed E-state index contributed by atoms with van der Waals surface area (Å²) < 4.78 is 41.0. The molecule has 0 aromatic heterocycles. The van der Waals surface area contributed by atoms with Gasteiger partial charge in [-0.1, -0.05) is 12.1 Å². The van der Waals surface area contributed by atoms with E-state index in [1.165, 1.54) is 18.2 Å². The summed E-state index contributed by atoms with van der Waals surface area (Å²) in [5.41, 5.74) is 4.91. The van der Waals surface area contributed by atoms with Gasteiger partial charge in [0.1, 0.15) is 0 Å². The SMILES string of the molecule is CCNC(=O)C(C)(C)CN=C(N)Nc1ccccc1OC(F)(F)F. The second kappa shape index (κ2) is 7.89. The van der Waals surface area contributed by atoms with Crippen molar-refractivity contribution in [2.24, 2.45) is 16.1 Å². The Kier molecular flexibility index (Phi) is 6.44. The second-order valence-corrected chi connectivity index (χ2v) is 5.61. The number of nitrogens with zero attached hydrogens (tertiary/aromatic N) is 1. The minimum atomic E-state index is -4.82. The Labute approximate surface area is 138 Å². The van der Waals surface area contributed by atoms with Crippen LogP contribution in [0.5, 0.6) is 5.75 Å². The van der Waals surface area contributed by atoms with Crippen molar-refractivity contribution < 1.29 is 22.7 Å². The average Bonchev–Trinajstić information content (AvgIpc) is 2.46. The third-order valence-electron chi connectivity index (χ3n) is 2.97. The number of carbonyl (C=O) groups is 1. The summed E-state index contributed by atoms with van der Waals surface area (Å²) >= 11 is 0. The highest BCUT2D eigenvalue weighted by molar-refractivity contribution is 5.94. The molecule has 1 rings (SSSR count). The highest BCUT2D eigenvalue weighted by atomic mass is 19.4. The number of halogens is 3. The first-order valence-corrected chi connectivity index (χ1v) is 7.25. The number of aliphatic imine (C=N–C) groups is 1. The normalized spacial score (nSPS) is 12.7. The molecule has 0 bridgehead atoms. The number of rotatable bonds is 6. The van der Waals surface area contributed by atoms with E-state index in [1.807, 2.05) is 0 Å². The Balaban J connectivity index is 2.81. The number of guanidine groups is 1. The minimum absolute atomic E-state index is 0.0203. The van der Waals surface area contributed by atoms with Crippen LogP contribution in [0.4, 0.5) is 18.9 Å². The number of para-hydroxylation sites is 2. The molecule has 0 radical (unpaired) electrons. The molecule has 1 amide bonds. The molecule has 0 heterocycles. The number of anilines is 1. The summed E-state index contributed by atoms with van der Waals surface area (Å²) in [6, 6.07) is 5.45. The number of nitrogens with one attached hydrogen (secondary N) is 2. The first-order valence-electron chi connectivity index (χ1n) is 7.25. The number of amides is 1. The molecule has 0 saturated heterocycles. The van der Waals surface area contributed by atoms with Gasteiger partial charge >= 0.3 is 6.36 Å². The lowest BCUT2D eigenvalue weighted by Gasteiger charge is -2.21. The zero-order valence-electron chi connectivity index (χ0n) is 13.7. The van der Waals surface area contributed by atoms with Crippen LogP contribution < -0.4 is 21.1 Å². The summed E-state index contributed by atoms with van der Waals surface area (Å²) in [5, 5.41) is 5.23. The van der Waals surface area contributed by atoms with Crippen LogP contribution in [0.25, 0.3) is 0 Å². The van der Waals surface area contributed by atoms with Crippen LogP contribution in [-0.2, 0) is 4.79 Å². The minimum Gasteiger partial charge on any atom is -0.404 e. The zero-order valence-corrected chi connectivity index (χ0v) is 13.7.